The predicted octanol–water partition coefficient (Wildman–Crippen LogP) is 0.932. The van der Waals surface area contributed by atoms with E-state index in [4.69, 9.17) is 4.74 Å². The molecule has 0 aromatic rings. The summed E-state index contributed by atoms with van der Waals surface area (Å²) in [6.07, 6.45) is 2.69. The highest BCUT2D eigenvalue weighted by Gasteiger charge is 2.31. The molecule has 0 bridgehead atoms. The minimum absolute atomic E-state index is 0.400. The second-order valence-corrected chi connectivity index (χ2v) is 6.92. The molecular formula is C15H31N3O. The molecule has 0 aliphatic carbocycles. The van der Waals surface area contributed by atoms with Crippen molar-refractivity contribution in [2.45, 2.75) is 32.7 Å². The zero-order valence-electron chi connectivity index (χ0n) is 12.9. The highest BCUT2D eigenvalue weighted by atomic mass is 16.5. The molecule has 2 aliphatic rings. The van der Waals surface area contributed by atoms with Gasteiger partial charge in [-0.05, 0) is 44.3 Å². The number of nitrogens with zero attached hydrogens (tertiary/aromatic N) is 1. The van der Waals surface area contributed by atoms with Crippen LogP contribution in [0.4, 0.5) is 0 Å². The van der Waals surface area contributed by atoms with Gasteiger partial charge in [0.2, 0.25) is 0 Å². The number of hydrogen-bond donors (Lipinski definition) is 2. The van der Waals surface area contributed by atoms with Crippen molar-refractivity contribution in [1.29, 1.82) is 0 Å². The van der Waals surface area contributed by atoms with Crippen molar-refractivity contribution in [1.82, 2.24) is 15.5 Å². The lowest BCUT2D eigenvalue weighted by atomic mass is 9.73. The minimum Gasteiger partial charge on any atom is -0.378 e. The topological polar surface area (TPSA) is 36.5 Å². The molecule has 1 unspecified atom stereocenters. The number of rotatable bonds is 5. The summed E-state index contributed by atoms with van der Waals surface area (Å²) in [5.41, 5.74) is 0.400. The minimum atomic E-state index is 0.400. The molecule has 2 fully saturated rings. The first-order valence-corrected chi connectivity index (χ1v) is 7.78. The first kappa shape index (κ1) is 15.2. The van der Waals surface area contributed by atoms with Gasteiger partial charge in [0.05, 0.1) is 13.2 Å². The van der Waals surface area contributed by atoms with Crippen LogP contribution in [-0.2, 0) is 4.74 Å². The molecule has 112 valence electrons. The quantitative estimate of drug-likeness (QED) is 0.778. The summed E-state index contributed by atoms with van der Waals surface area (Å²) in [6, 6.07) is 0.488. The van der Waals surface area contributed by atoms with Crippen LogP contribution in [0.5, 0.6) is 0 Å². The molecule has 0 spiro atoms. The Morgan fingerprint density at radius 3 is 2.68 bits per heavy atom. The van der Waals surface area contributed by atoms with E-state index in [9.17, 15) is 0 Å². The van der Waals surface area contributed by atoms with Gasteiger partial charge in [-0.25, -0.2) is 0 Å². The molecule has 19 heavy (non-hydrogen) atoms. The molecule has 1 atom stereocenters. The van der Waals surface area contributed by atoms with E-state index >= 15 is 0 Å². The molecule has 4 nitrogen and oxygen atoms in total. The number of hydrogen-bond acceptors (Lipinski definition) is 4. The SMILES string of the molecule is CN1CCC(C(C)(C)CNCC2COCCN2)CC1. The molecule has 0 aromatic carbocycles. The second-order valence-electron chi connectivity index (χ2n) is 6.92. The van der Waals surface area contributed by atoms with E-state index in [2.05, 4.69) is 36.4 Å². The van der Waals surface area contributed by atoms with Crippen LogP contribution in [0.25, 0.3) is 0 Å². The fraction of sp³-hybridized carbons (Fsp3) is 1.00. The molecule has 2 heterocycles. The molecule has 2 aliphatic heterocycles. The summed E-state index contributed by atoms with van der Waals surface area (Å²) in [5, 5.41) is 7.14. The second kappa shape index (κ2) is 7.02. The first-order chi connectivity index (χ1) is 9.08. The van der Waals surface area contributed by atoms with Gasteiger partial charge in [-0.2, -0.15) is 0 Å². The van der Waals surface area contributed by atoms with Gasteiger partial charge >= 0.3 is 0 Å². The van der Waals surface area contributed by atoms with Gasteiger partial charge in [0.1, 0.15) is 0 Å². The lowest BCUT2D eigenvalue weighted by Gasteiger charge is -2.40. The molecule has 4 heteroatoms. The van der Waals surface area contributed by atoms with Crippen molar-refractivity contribution in [2.75, 3.05) is 53.0 Å². The molecule has 2 N–H and O–H groups in total. The fourth-order valence-electron chi connectivity index (χ4n) is 3.25. The standard InChI is InChI=1S/C15H31N3O/c1-15(2,13-4-7-18(3)8-5-13)12-16-10-14-11-19-9-6-17-14/h13-14,16-17H,4-12H2,1-3H3. The lowest BCUT2D eigenvalue weighted by Crippen LogP contribution is -2.49. The number of piperidine rings is 1. The maximum absolute atomic E-state index is 5.48. The van der Waals surface area contributed by atoms with Crippen LogP contribution in [0, 0.1) is 11.3 Å². The Morgan fingerprint density at radius 1 is 1.32 bits per heavy atom. The Bertz CT molecular complexity index is 256. The van der Waals surface area contributed by atoms with E-state index in [1.165, 1.54) is 25.9 Å². The number of ether oxygens (including phenoxy) is 1. The molecule has 0 amide bonds. The molecule has 0 aromatic heterocycles. The van der Waals surface area contributed by atoms with E-state index in [-0.39, 0.29) is 0 Å². The Balaban J connectivity index is 1.68. The zero-order valence-corrected chi connectivity index (χ0v) is 12.9. The van der Waals surface area contributed by atoms with Crippen molar-refractivity contribution in [3.8, 4) is 0 Å². The zero-order chi connectivity index (χ0) is 13.7. The molecule has 0 radical (unpaired) electrons. The fourth-order valence-corrected chi connectivity index (χ4v) is 3.25. The number of nitrogens with one attached hydrogen (secondary N) is 2. The average molecular weight is 269 g/mol. The van der Waals surface area contributed by atoms with Gasteiger partial charge in [0, 0.05) is 25.7 Å². The van der Waals surface area contributed by atoms with Crippen molar-refractivity contribution in [3.05, 3.63) is 0 Å². The summed E-state index contributed by atoms with van der Waals surface area (Å²) in [7, 11) is 2.23. The smallest absolute Gasteiger partial charge is 0.0632 e. The van der Waals surface area contributed by atoms with Crippen LogP contribution >= 0.6 is 0 Å². The van der Waals surface area contributed by atoms with Gasteiger partial charge in [0.25, 0.3) is 0 Å². The van der Waals surface area contributed by atoms with Crippen LogP contribution < -0.4 is 10.6 Å². The summed E-state index contributed by atoms with van der Waals surface area (Å²) in [5.74, 6) is 0.853. The molecular weight excluding hydrogens is 238 g/mol. The Hall–Kier alpha value is -0.160. The maximum Gasteiger partial charge on any atom is 0.0632 e. The predicted molar refractivity (Wildman–Crippen MR) is 79.5 cm³/mol. The van der Waals surface area contributed by atoms with E-state index in [1.807, 2.05) is 0 Å². The van der Waals surface area contributed by atoms with Gasteiger partial charge < -0.3 is 20.3 Å². The van der Waals surface area contributed by atoms with Crippen molar-refractivity contribution in [3.63, 3.8) is 0 Å². The normalized spacial score (nSPS) is 27.6. The first-order valence-electron chi connectivity index (χ1n) is 7.78. The third-order valence-electron chi connectivity index (χ3n) is 4.79. The van der Waals surface area contributed by atoms with Crippen LogP contribution in [0.1, 0.15) is 26.7 Å². The van der Waals surface area contributed by atoms with Crippen molar-refractivity contribution < 1.29 is 4.74 Å². The summed E-state index contributed by atoms with van der Waals surface area (Å²) < 4.78 is 5.48. The largest absolute Gasteiger partial charge is 0.378 e. The van der Waals surface area contributed by atoms with E-state index < -0.39 is 0 Å². The van der Waals surface area contributed by atoms with Crippen LogP contribution in [0.2, 0.25) is 0 Å². The van der Waals surface area contributed by atoms with E-state index in [0.29, 0.717) is 11.5 Å². The van der Waals surface area contributed by atoms with E-state index in [0.717, 1.165) is 38.8 Å². The Labute approximate surface area is 118 Å². The van der Waals surface area contributed by atoms with Gasteiger partial charge in [-0.3, -0.25) is 0 Å². The monoisotopic (exact) mass is 269 g/mol. The summed E-state index contributed by atoms with van der Waals surface area (Å²) in [6.45, 7) is 12.2. The molecule has 0 saturated carbocycles. The molecule has 2 saturated heterocycles. The van der Waals surface area contributed by atoms with Crippen LogP contribution in [0.15, 0.2) is 0 Å². The van der Waals surface area contributed by atoms with Crippen LogP contribution in [0.3, 0.4) is 0 Å². The third kappa shape index (κ3) is 4.71. The highest BCUT2D eigenvalue weighted by Crippen LogP contribution is 2.34. The Morgan fingerprint density at radius 2 is 2.05 bits per heavy atom. The van der Waals surface area contributed by atoms with Gasteiger partial charge in [-0.1, -0.05) is 13.8 Å². The Kier molecular flexibility index (Phi) is 5.63. The summed E-state index contributed by atoms with van der Waals surface area (Å²) in [4.78, 5) is 2.45. The number of morpholine rings is 1. The third-order valence-corrected chi connectivity index (χ3v) is 4.79. The average Bonchev–Trinajstić information content (AvgIpc) is 2.40. The summed E-state index contributed by atoms with van der Waals surface area (Å²) >= 11 is 0. The lowest BCUT2D eigenvalue weighted by molar-refractivity contribution is 0.0726. The maximum atomic E-state index is 5.48. The van der Waals surface area contributed by atoms with E-state index in [1.54, 1.807) is 0 Å². The molecule has 2 rings (SSSR count). The highest BCUT2D eigenvalue weighted by molar-refractivity contribution is 4.85. The number of likely N-dealkylation sites (tertiary alicyclic amines) is 1. The van der Waals surface area contributed by atoms with Crippen molar-refractivity contribution >= 4 is 0 Å². The van der Waals surface area contributed by atoms with Crippen LogP contribution in [-0.4, -0.2) is 63.9 Å². The van der Waals surface area contributed by atoms with Gasteiger partial charge in [0.15, 0.2) is 0 Å². The van der Waals surface area contributed by atoms with Crippen molar-refractivity contribution in [2.24, 2.45) is 11.3 Å². The van der Waals surface area contributed by atoms with Gasteiger partial charge in [-0.15, -0.1) is 0 Å².